The molecule has 0 radical (unpaired) electrons. The Hall–Kier alpha value is -9.55. The summed E-state index contributed by atoms with van der Waals surface area (Å²) in [6.07, 6.45) is -14.7. The molecule has 3 aliphatic heterocycles. The van der Waals surface area contributed by atoms with Gasteiger partial charge in [0.25, 0.3) is 23.6 Å². The minimum atomic E-state index is -4.65. The molecule has 3 aliphatic rings. The Balaban J connectivity index is 0.000000199. The fourth-order valence-corrected chi connectivity index (χ4v) is 13.8. The second kappa shape index (κ2) is 44.3. The summed E-state index contributed by atoms with van der Waals surface area (Å²) in [7, 11) is 1.67. The highest BCUT2D eigenvalue weighted by molar-refractivity contribution is 6.32. The first kappa shape index (κ1) is 95.9. The van der Waals surface area contributed by atoms with E-state index in [1.807, 2.05) is 39.1 Å². The number of amides is 4. The minimum Gasteiger partial charge on any atom is -0.398 e. The zero-order valence-corrected chi connectivity index (χ0v) is 68.0. The van der Waals surface area contributed by atoms with Crippen molar-refractivity contribution in [3.8, 4) is 0 Å². The third-order valence-corrected chi connectivity index (χ3v) is 21.0. The van der Waals surface area contributed by atoms with E-state index in [4.69, 9.17) is 67.2 Å². The van der Waals surface area contributed by atoms with Crippen LogP contribution in [0, 0.1) is 5.82 Å². The van der Waals surface area contributed by atoms with Crippen molar-refractivity contribution < 1.29 is 90.1 Å². The van der Waals surface area contributed by atoms with Crippen LogP contribution in [0.5, 0.6) is 0 Å². The van der Waals surface area contributed by atoms with Gasteiger partial charge >= 0.3 is 24.7 Å². The second-order valence-electron chi connectivity index (χ2n) is 28.4. The maximum atomic E-state index is 14.2. The van der Waals surface area contributed by atoms with Crippen molar-refractivity contribution in [2.75, 3.05) is 148 Å². The first-order valence-electron chi connectivity index (χ1n) is 38.2. The molecular weight excluding hydrogens is 1670 g/mol. The number of piperidine rings is 2. The Morgan fingerprint density at radius 2 is 0.817 bits per heavy atom. The van der Waals surface area contributed by atoms with E-state index in [1.165, 1.54) is 37.8 Å². The fourth-order valence-electron chi connectivity index (χ4n) is 13.0. The van der Waals surface area contributed by atoms with E-state index < -0.39 is 83.1 Å². The molecule has 3 saturated heterocycles. The number of nitrogens with two attached hydrogens (primary N) is 4. The van der Waals surface area contributed by atoms with Gasteiger partial charge in [0.05, 0.1) is 19.3 Å². The molecule has 8 aromatic rings. The van der Waals surface area contributed by atoms with Crippen molar-refractivity contribution in [1.29, 1.82) is 0 Å². The number of aromatic nitrogens is 8. The molecule has 3 fully saturated rings. The van der Waals surface area contributed by atoms with Gasteiger partial charge in [-0.05, 0) is 107 Å². The summed E-state index contributed by atoms with van der Waals surface area (Å²) in [5.74, 6) is -3.26. The summed E-state index contributed by atoms with van der Waals surface area (Å²) in [5, 5.41) is 22.7. The lowest BCUT2D eigenvalue weighted by atomic mass is 10.1. The summed E-state index contributed by atoms with van der Waals surface area (Å²) < 4.78 is 193. The molecule has 658 valence electrons. The standard InChI is InChI=1S/C20H25ClF3N5O2.C19H22ClF4N5O.C19H23ClF3N5O2.C19H25F4N5O/c1-31-13-4-3-7-28(11-13)8-9-29(12-14-15(21)5-2-6-16(14)25)19(30)17-10-18(27-26-17)20(22,23)24;20-14-2-1-3-15(25)13(14)11-29(9-8-28-6-4-12(21)5-7-28)18(30)16-10-17(27-26-16)19(22,23)24;20-14-3-1-4-15(24)13(14)12-28(7-6-27-5-2-9-30-10-8-27)18(29)16-11-17(26-25-16)19(21,22)23;1-3-8-27(4-2)9-10-28(12-13-14(20)6-5-7-15(13)24)18(29)16-11-17(26-25-16)19(21,22)23/h2,5-6,10,13H,3-4,7-9,11-12,25H2,1H3,(H,26,27);1-3,10,12H,4-9,11,25H2,(H,26,27);1,3-4,11H,2,5-10,12,24H2,(H,25,26);5-7,11H,3-4,8-10,12,24H2,1-2H3,(H,25,26). The molecular formula is C77H95Cl3F14N20O6. The predicted molar refractivity (Wildman–Crippen MR) is 423 cm³/mol. The molecule has 26 nitrogen and oxygen atoms in total. The number of likely N-dealkylation sites (tertiary alicyclic amines) is 2. The van der Waals surface area contributed by atoms with Crippen LogP contribution in [0.1, 0.15) is 139 Å². The molecule has 0 bridgehead atoms. The molecule has 0 saturated carbocycles. The number of ether oxygens (including phenoxy) is 2. The minimum absolute atomic E-state index is 0.0120. The second-order valence-corrected chi connectivity index (χ2v) is 29.6. The number of rotatable bonds is 28. The summed E-state index contributed by atoms with van der Waals surface area (Å²) in [4.78, 5) is 65.8. The number of alkyl halides is 13. The molecule has 1 unspecified atom stereocenters. The van der Waals surface area contributed by atoms with Crippen LogP contribution in [0.15, 0.2) is 97.1 Å². The van der Waals surface area contributed by atoms with Crippen LogP contribution >= 0.6 is 34.8 Å². The van der Waals surface area contributed by atoms with E-state index in [-0.39, 0.29) is 92.5 Å². The van der Waals surface area contributed by atoms with Gasteiger partial charge in [0.1, 0.15) is 34.8 Å². The third kappa shape index (κ3) is 28.3. The van der Waals surface area contributed by atoms with Crippen LogP contribution < -0.4 is 22.9 Å². The smallest absolute Gasteiger partial charge is 0.398 e. The number of nitrogens with zero attached hydrogens (tertiary/aromatic N) is 12. The van der Waals surface area contributed by atoms with E-state index in [9.17, 15) is 80.6 Å². The van der Waals surface area contributed by atoms with Crippen molar-refractivity contribution in [3.63, 3.8) is 0 Å². The van der Waals surface area contributed by atoms with Crippen molar-refractivity contribution >= 4 is 81.2 Å². The Morgan fingerprint density at radius 1 is 0.467 bits per heavy atom. The zero-order valence-electron chi connectivity index (χ0n) is 65.7. The molecule has 12 N–H and O–H groups in total. The third-order valence-electron chi connectivity index (χ3n) is 19.9. The van der Waals surface area contributed by atoms with Gasteiger partial charge in [-0.3, -0.25) is 49.4 Å². The number of nitrogen functional groups attached to an aromatic ring is 4. The molecule has 4 aromatic heterocycles. The number of anilines is 4. The van der Waals surface area contributed by atoms with E-state index in [2.05, 4.69) is 35.1 Å². The number of hydrogen-bond donors (Lipinski definition) is 8. The SMILES string of the molecule is CCCN(CC)CCN(Cc1c(N)cccc1F)C(=O)c1cc(C(F)(F)F)[nH]n1.COC1CCCN(CCN(Cc2c(N)cccc2Cl)C(=O)c2cc(C(F)(F)F)[nH]n2)C1.Nc1cccc(Cl)c1CN(CCN1CCC(F)CC1)C(=O)c1cc(C(F)(F)F)[nH]n1.Nc1cccc(Cl)c1CN(CCN1CCCOCC1)C(=O)c1cc(C(F)(F)F)[nH]n1. The summed E-state index contributed by atoms with van der Waals surface area (Å²) in [6.45, 7) is 14.0. The Morgan fingerprint density at radius 3 is 1.17 bits per heavy atom. The quantitative estimate of drug-likeness (QED) is 0.0167. The lowest BCUT2D eigenvalue weighted by Crippen LogP contribution is -2.44. The van der Waals surface area contributed by atoms with Crippen LogP contribution in [0.3, 0.4) is 0 Å². The Kier molecular flexibility index (Phi) is 35.4. The molecule has 43 heteroatoms. The van der Waals surface area contributed by atoms with Crippen LogP contribution in [-0.2, 0) is 60.4 Å². The van der Waals surface area contributed by atoms with Crippen molar-refractivity contribution in [1.82, 2.24) is 80.0 Å². The highest BCUT2D eigenvalue weighted by Gasteiger charge is 2.39. The topological polar surface area (TPSA) is 331 Å². The number of hydrogen-bond acceptors (Lipinski definition) is 18. The van der Waals surface area contributed by atoms with E-state index in [0.29, 0.717) is 138 Å². The van der Waals surface area contributed by atoms with Crippen LogP contribution in [0.25, 0.3) is 0 Å². The number of methoxy groups -OCH3 is 1. The summed E-state index contributed by atoms with van der Waals surface area (Å²) in [5.41, 5.74) is 21.2. The van der Waals surface area contributed by atoms with Gasteiger partial charge in [-0.15, -0.1) is 0 Å². The fraction of sp³-hybridized carbons (Fsp3) is 0.481. The number of H-pyrrole nitrogens is 4. The zero-order chi connectivity index (χ0) is 87.8. The average Bonchev–Trinajstić information content (AvgIpc) is 1.60. The maximum absolute atomic E-state index is 14.2. The van der Waals surface area contributed by atoms with E-state index in [1.54, 1.807) is 61.7 Å². The summed E-state index contributed by atoms with van der Waals surface area (Å²) in [6, 6.07) is 21.9. The Bertz CT molecular complexity index is 4530. The Labute approximate surface area is 697 Å². The highest BCUT2D eigenvalue weighted by Crippen LogP contribution is 2.35. The number of halogens is 17. The molecule has 120 heavy (non-hydrogen) atoms. The van der Waals surface area contributed by atoms with Gasteiger partial charge in [-0.25, -0.2) is 8.78 Å². The predicted octanol–water partition coefficient (Wildman–Crippen LogP) is 13.7. The highest BCUT2D eigenvalue weighted by atomic mass is 35.5. The van der Waals surface area contributed by atoms with Crippen molar-refractivity contribution in [3.05, 3.63) is 186 Å². The molecule has 4 aromatic carbocycles. The maximum Gasteiger partial charge on any atom is 0.432 e. The first-order valence-corrected chi connectivity index (χ1v) is 39.3. The number of nitrogens with one attached hydrogen (secondary N) is 4. The van der Waals surface area contributed by atoms with Gasteiger partial charge in [-0.2, -0.15) is 73.1 Å². The van der Waals surface area contributed by atoms with Crippen LogP contribution in [0.4, 0.5) is 84.2 Å². The average molecular weight is 1770 g/mol. The largest absolute Gasteiger partial charge is 0.432 e. The van der Waals surface area contributed by atoms with Gasteiger partial charge in [0, 0.05) is 203 Å². The van der Waals surface area contributed by atoms with Gasteiger partial charge < -0.3 is 61.8 Å². The van der Waals surface area contributed by atoms with Crippen LogP contribution in [0.2, 0.25) is 15.1 Å². The molecule has 7 heterocycles. The number of carbonyl (C=O) groups is 4. The lowest BCUT2D eigenvalue weighted by Gasteiger charge is -2.33. The van der Waals surface area contributed by atoms with Gasteiger partial charge in [-0.1, -0.05) is 72.9 Å². The molecule has 0 aliphatic carbocycles. The first-order chi connectivity index (χ1) is 56.8. The lowest BCUT2D eigenvalue weighted by molar-refractivity contribution is -0.142. The van der Waals surface area contributed by atoms with Crippen LogP contribution in [-0.4, -0.2) is 241 Å². The molecule has 4 amide bonds. The summed E-state index contributed by atoms with van der Waals surface area (Å²) >= 11 is 18.7. The van der Waals surface area contributed by atoms with E-state index in [0.717, 1.165) is 65.0 Å². The number of carbonyl (C=O) groups excluding carboxylic acids is 4. The van der Waals surface area contributed by atoms with Gasteiger partial charge in [0.15, 0.2) is 22.8 Å². The molecule has 11 rings (SSSR count). The monoisotopic (exact) mass is 1770 g/mol. The number of benzene rings is 4. The van der Waals surface area contributed by atoms with Crippen molar-refractivity contribution in [2.45, 2.75) is 116 Å². The number of aromatic amines is 4. The van der Waals surface area contributed by atoms with Crippen molar-refractivity contribution in [2.24, 2.45) is 0 Å². The van der Waals surface area contributed by atoms with E-state index >= 15 is 0 Å². The molecule has 1 atom stereocenters. The van der Waals surface area contributed by atoms with Gasteiger partial charge in [0.2, 0.25) is 0 Å². The number of likely N-dealkylation sites (N-methyl/N-ethyl adjacent to an activating group) is 1. The normalized spacial score (nSPS) is 15.4. The molecule has 0 spiro atoms.